The Hall–Kier alpha value is -2.23. The molecular weight excluding hydrogens is 264 g/mol. The first-order valence-corrected chi connectivity index (χ1v) is 7.49. The Kier molecular flexibility index (Phi) is 3.69. The fourth-order valence-corrected chi connectivity index (χ4v) is 2.99. The third-order valence-corrected chi connectivity index (χ3v) is 4.11. The molecule has 1 aromatic carbocycles. The van der Waals surface area contributed by atoms with E-state index < -0.39 is 0 Å². The van der Waals surface area contributed by atoms with Gasteiger partial charge < -0.3 is 15.0 Å². The largest absolute Gasteiger partial charge is 0.507 e. The van der Waals surface area contributed by atoms with Gasteiger partial charge in [0.05, 0.1) is 5.69 Å². The van der Waals surface area contributed by atoms with Crippen molar-refractivity contribution in [1.29, 1.82) is 0 Å². The Balaban J connectivity index is 1.99. The first kappa shape index (κ1) is 13.7. The summed E-state index contributed by atoms with van der Waals surface area (Å²) < 4.78 is 0. The average molecular weight is 284 g/mol. The lowest BCUT2D eigenvalue weighted by Gasteiger charge is -2.18. The van der Waals surface area contributed by atoms with Gasteiger partial charge in [0.1, 0.15) is 5.75 Å². The number of nitrogens with one attached hydrogen (secondary N) is 1. The van der Waals surface area contributed by atoms with E-state index in [2.05, 4.69) is 22.0 Å². The fraction of sp³-hybridized carbons (Fsp3) is 0.353. The van der Waals surface area contributed by atoms with Crippen LogP contribution >= 0.6 is 0 Å². The van der Waals surface area contributed by atoms with Gasteiger partial charge in [-0.1, -0.05) is 19.1 Å². The molecule has 0 amide bonds. The highest BCUT2D eigenvalue weighted by molar-refractivity contribution is 5.68. The van der Waals surface area contributed by atoms with Crippen molar-refractivity contribution in [3.8, 4) is 17.0 Å². The second-order valence-electron chi connectivity index (χ2n) is 5.47. The van der Waals surface area contributed by atoms with Crippen molar-refractivity contribution in [2.24, 2.45) is 0 Å². The van der Waals surface area contributed by atoms with Gasteiger partial charge in [0.15, 0.2) is 0 Å². The van der Waals surface area contributed by atoms with Gasteiger partial charge >= 0.3 is 0 Å². The van der Waals surface area contributed by atoms with Crippen LogP contribution in [-0.2, 0) is 6.42 Å². The minimum atomic E-state index is -0.275. The molecule has 2 aromatic rings. The Labute approximate surface area is 124 Å². The molecule has 1 saturated heterocycles. The zero-order chi connectivity index (χ0) is 14.8. The Morgan fingerprint density at radius 1 is 1.19 bits per heavy atom. The quantitative estimate of drug-likeness (QED) is 0.911. The number of hydrogen-bond donors (Lipinski definition) is 2. The molecule has 0 atom stereocenters. The molecule has 2 N–H and O–H groups in total. The highest BCUT2D eigenvalue weighted by atomic mass is 16.3. The predicted molar refractivity (Wildman–Crippen MR) is 85.0 cm³/mol. The number of anilines is 1. The number of hydrogen-bond acceptors (Lipinski definition) is 3. The third kappa shape index (κ3) is 2.66. The number of H-pyrrole nitrogens is 1. The summed E-state index contributed by atoms with van der Waals surface area (Å²) in [5.41, 5.74) is 3.38. The number of aromatic hydroxyl groups is 1. The van der Waals surface area contributed by atoms with Crippen molar-refractivity contribution < 1.29 is 5.11 Å². The number of rotatable bonds is 3. The maximum absolute atomic E-state index is 11.6. The second-order valence-corrected chi connectivity index (χ2v) is 5.47. The van der Waals surface area contributed by atoms with Gasteiger partial charge in [-0.2, -0.15) is 0 Å². The van der Waals surface area contributed by atoms with Crippen molar-refractivity contribution in [2.45, 2.75) is 26.2 Å². The van der Waals surface area contributed by atoms with Crippen LogP contribution in [0.4, 0.5) is 5.69 Å². The van der Waals surface area contributed by atoms with Gasteiger partial charge in [-0.15, -0.1) is 0 Å². The van der Waals surface area contributed by atoms with Crippen LogP contribution in [0.25, 0.3) is 11.3 Å². The van der Waals surface area contributed by atoms with Crippen LogP contribution in [0.3, 0.4) is 0 Å². The summed E-state index contributed by atoms with van der Waals surface area (Å²) in [5, 5.41) is 9.93. The van der Waals surface area contributed by atoms with Crippen molar-refractivity contribution >= 4 is 5.69 Å². The summed E-state index contributed by atoms with van der Waals surface area (Å²) in [4.78, 5) is 16.8. The highest BCUT2D eigenvalue weighted by Gasteiger charge is 2.14. The molecule has 0 saturated carbocycles. The molecule has 1 aliphatic rings. The molecule has 0 spiro atoms. The minimum absolute atomic E-state index is 0.0693. The van der Waals surface area contributed by atoms with E-state index in [9.17, 15) is 9.90 Å². The highest BCUT2D eigenvalue weighted by Crippen LogP contribution is 2.29. The molecule has 1 aliphatic heterocycles. The van der Waals surface area contributed by atoms with Crippen LogP contribution < -0.4 is 10.5 Å². The Morgan fingerprint density at radius 2 is 1.86 bits per heavy atom. The van der Waals surface area contributed by atoms with E-state index in [0.717, 1.165) is 29.9 Å². The lowest BCUT2D eigenvalue weighted by atomic mass is 10.0. The first-order valence-electron chi connectivity index (χ1n) is 7.49. The number of benzene rings is 1. The van der Waals surface area contributed by atoms with E-state index >= 15 is 0 Å². The van der Waals surface area contributed by atoms with Crippen molar-refractivity contribution in [3.05, 3.63) is 46.2 Å². The lowest BCUT2D eigenvalue weighted by molar-refractivity contribution is 0.467. The Bertz CT molecular complexity index is 683. The van der Waals surface area contributed by atoms with Crippen molar-refractivity contribution in [1.82, 2.24) is 4.98 Å². The molecule has 0 aliphatic carbocycles. The first-order chi connectivity index (χ1) is 10.2. The second kappa shape index (κ2) is 5.64. The van der Waals surface area contributed by atoms with Crippen molar-refractivity contribution in [2.75, 3.05) is 18.0 Å². The molecule has 3 rings (SSSR count). The smallest absolute Gasteiger partial charge is 0.252 e. The normalized spacial score (nSPS) is 14.6. The standard InChI is InChI=1S/C17H20N2O2/c1-2-14-15(20)11-16(21)18-17(14)12-5-7-13(8-6-12)19-9-3-4-10-19/h5-8,11H,2-4,9-10H2,1H3,(H2,18,20,21). The maximum Gasteiger partial charge on any atom is 0.252 e. The lowest BCUT2D eigenvalue weighted by Crippen LogP contribution is -2.17. The zero-order valence-electron chi connectivity index (χ0n) is 12.2. The molecule has 2 heterocycles. The molecule has 1 fully saturated rings. The average Bonchev–Trinajstić information content (AvgIpc) is 3.01. The third-order valence-electron chi connectivity index (χ3n) is 4.11. The predicted octanol–water partition coefficient (Wildman–Crippen LogP) is 2.91. The van der Waals surface area contributed by atoms with Gasteiger partial charge in [0.25, 0.3) is 5.56 Å². The summed E-state index contributed by atoms with van der Waals surface area (Å²) in [6.45, 7) is 4.19. The Morgan fingerprint density at radius 3 is 2.48 bits per heavy atom. The summed E-state index contributed by atoms with van der Waals surface area (Å²) in [5.74, 6) is 0.0693. The molecule has 110 valence electrons. The number of pyridine rings is 1. The van der Waals surface area contributed by atoms with Gasteiger partial charge in [0.2, 0.25) is 0 Å². The van der Waals surface area contributed by atoms with E-state index in [-0.39, 0.29) is 11.3 Å². The van der Waals surface area contributed by atoms with E-state index in [4.69, 9.17) is 0 Å². The monoisotopic (exact) mass is 284 g/mol. The number of nitrogens with zero attached hydrogens (tertiary/aromatic N) is 1. The van der Waals surface area contributed by atoms with Crippen LogP contribution in [0.5, 0.6) is 5.75 Å². The number of aromatic amines is 1. The van der Waals surface area contributed by atoms with Crippen LogP contribution in [0.1, 0.15) is 25.3 Å². The molecule has 4 nitrogen and oxygen atoms in total. The molecule has 0 unspecified atom stereocenters. The molecule has 0 bridgehead atoms. The summed E-state index contributed by atoms with van der Waals surface area (Å²) in [7, 11) is 0. The van der Waals surface area contributed by atoms with Gasteiger partial charge in [-0.05, 0) is 37.0 Å². The van der Waals surface area contributed by atoms with Crippen LogP contribution in [0, 0.1) is 0 Å². The zero-order valence-corrected chi connectivity index (χ0v) is 12.2. The van der Waals surface area contributed by atoms with Crippen LogP contribution in [0.2, 0.25) is 0 Å². The van der Waals surface area contributed by atoms with Gasteiger partial charge in [0, 0.05) is 30.4 Å². The van der Waals surface area contributed by atoms with E-state index in [0.29, 0.717) is 6.42 Å². The molecular formula is C17H20N2O2. The molecule has 4 heteroatoms. The SMILES string of the molecule is CCc1c(O)cc(=O)[nH]c1-c1ccc(N2CCCC2)cc1. The van der Waals surface area contributed by atoms with E-state index in [1.807, 2.05) is 19.1 Å². The molecule has 1 aromatic heterocycles. The summed E-state index contributed by atoms with van der Waals surface area (Å²) in [6, 6.07) is 9.43. The molecule has 0 radical (unpaired) electrons. The van der Waals surface area contributed by atoms with Crippen LogP contribution in [0.15, 0.2) is 35.1 Å². The van der Waals surface area contributed by atoms with E-state index in [1.54, 1.807) is 0 Å². The van der Waals surface area contributed by atoms with Crippen molar-refractivity contribution in [3.63, 3.8) is 0 Å². The topological polar surface area (TPSA) is 56.3 Å². The molecule has 21 heavy (non-hydrogen) atoms. The maximum atomic E-state index is 11.6. The number of aromatic nitrogens is 1. The minimum Gasteiger partial charge on any atom is -0.507 e. The fourth-order valence-electron chi connectivity index (χ4n) is 2.99. The van der Waals surface area contributed by atoms with Gasteiger partial charge in [-0.3, -0.25) is 4.79 Å². The van der Waals surface area contributed by atoms with E-state index in [1.165, 1.54) is 24.6 Å². The van der Waals surface area contributed by atoms with Crippen LogP contribution in [-0.4, -0.2) is 23.2 Å². The summed E-state index contributed by atoms with van der Waals surface area (Å²) >= 11 is 0. The van der Waals surface area contributed by atoms with Gasteiger partial charge in [-0.25, -0.2) is 0 Å². The summed E-state index contributed by atoms with van der Waals surface area (Å²) in [6.07, 6.45) is 3.18.